The Morgan fingerprint density at radius 3 is 2.27 bits per heavy atom. The van der Waals surface area contributed by atoms with E-state index in [1.54, 1.807) is 11.8 Å². The molecule has 2 aliphatic carbocycles. The molecule has 0 aliphatic heterocycles. The van der Waals surface area contributed by atoms with E-state index in [1.165, 1.54) is 24.8 Å². The first-order chi connectivity index (χ1) is 10.6. The standard InChI is InChI=1S/C18H23NO3/c1-12(18(21)22)11-19(16-9-10-16)17(20)15-7-5-14(6-8-15)13-3-2-4-13/h5-8,12-13,16H,2-4,9-11H2,1H3,(H,21,22). The summed E-state index contributed by atoms with van der Waals surface area (Å²) in [4.78, 5) is 25.5. The van der Waals surface area contributed by atoms with Gasteiger partial charge in [0.25, 0.3) is 5.91 Å². The minimum atomic E-state index is -0.848. The lowest BCUT2D eigenvalue weighted by Crippen LogP contribution is -2.38. The molecule has 2 saturated carbocycles. The van der Waals surface area contributed by atoms with E-state index in [-0.39, 0.29) is 11.9 Å². The SMILES string of the molecule is CC(CN(C(=O)c1ccc(C2CCC2)cc1)C1CC1)C(=O)O. The molecule has 0 saturated heterocycles. The normalized spacial score (nSPS) is 19.3. The van der Waals surface area contributed by atoms with Gasteiger partial charge in [-0.05, 0) is 49.3 Å². The quantitative estimate of drug-likeness (QED) is 0.877. The average molecular weight is 301 g/mol. The maximum Gasteiger partial charge on any atom is 0.308 e. The summed E-state index contributed by atoms with van der Waals surface area (Å²) in [6.45, 7) is 1.95. The summed E-state index contributed by atoms with van der Waals surface area (Å²) in [6.07, 6.45) is 5.76. The molecule has 0 heterocycles. The molecule has 4 heteroatoms. The lowest BCUT2D eigenvalue weighted by atomic mass is 9.80. The van der Waals surface area contributed by atoms with Crippen LogP contribution in [0, 0.1) is 5.92 Å². The molecule has 1 aromatic rings. The van der Waals surface area contributed by atoms with E-state index in [1.807, 2.05) is 12.1 Å². The molecule has 1 unspecified atom stereocenters. The van der Waals surface area contributed by atoms with E-state index < -0.39 is 11.9 Å². The van der Waals surface area contributed by atoms with E-state index in [4.69, 9.17) is 5.11 Å². The largest absolute Gasteiger partial charge is 0.481 e. The summed E-state index contributed by atoms with van der Waals surface area (Å²) in [5.41, 5.74) is 1.99. The Morgan fingerprint density at radius 1 is 1.18 bits per heavy atom. The summed E-state index contributed by atoms with van der Waals surface area (Å²) in [7, 11) is 0. The number of carboxylic acids is 1. The number of aliphatic carboxylic acids is 1. The summed E-state index contributed by atoms with van der Waals surface area (Å²) in [5, 5.41) is 9.08. The van der Waals surface area contributed by atoms with Crippen LogP contribution in [0.15, 0.2) is 24.3 Å². The van der Waals surface area contributed by atoms with E-state index >= 15 is 0 Å². The van der Waals surface area contributed by atoms with Crippen LogP contribution in [0.25, 0.3) is 0 Å². The van der Waals surface area contributed by atoms with Crippen molar-refractivity contribution in [3.63, 3.8) is 0 Å². The van der Waals surface area contributed by atoms with Gasteiger partial charge in [0.1, 0.15) is 0 Å². The molecule has 2 fully saturated rings. The lowest BCUT2D eigenvalue weighted by Gasteiger charge is -2.27. The summed E-state index contributed by atoms with van der Waals surface area (Å²) < 4.78 is 0. The summed E-state index contributed by atoms with van der Waals surface area (Å²) in [6, 6.07) is 8.14. The number of carboxylic acid groups (broad SMARTS) is 1. The first-order valence-electron chi connectivity index (χ1n) is 8.20. The van der Waals surface area contributed by atoms with Crippen molar-refractivity contribution in [2.45, 2.75) is 51.0 Å². The van der Waals surface area contributed by atoms with E-state index in [2.05, 4.69) is 12.1 Å². The Hall–Kier alpha value is -1.84. The second kappa shape index (κ2) is 6.11. The molecule has 3 rings (SSSR count). The fourth-order valence-corrected chi connectivity index (χ4v) is 2.96. The van der Waals surface area contributed by atoms with Crippen LogP contribution >= 0.6 is 0 Å². The van der Waals surface area contributed by atoms with Gasteiger partial charge < -0.3 is 10.0 Å². The first-order valence-corrected chi connectivity index (χ1v) is 8.20. The number of benzene rings is 1. The molecule has 1 N–H and O–H groups in total. The zero-order valence-electron chi connectivity index (χ0n) is 13.0. The van der Waals surface area contributed by atoms with Crippen LogP contribution < -0.4 is 0 Å². The highest BCUT2D eigenvalue weighted by Crippen LogP contribution is 2.36. The number of hydrogen-bond donors (Lipinski definition) is 1. The smallest absolute Gasteiger partial charge is 0.308 e. The molecule has 4 nitrogen and oxygen atoms in total. The molecule has 1 atom stereocenters. The topological polar surface area (TPSA) is 57.6 Å². The summed E-state index contributed by atoms with van der Waals surface area (Å²) in [5.74, 6) is -0.746. The van der Waals surface area contributed by atoms with Gasteiger partial charge in [-0.2, -0.15) is 0 Å². The van der Waals surface area contributed by atoms with Gasteiger partial charge >= 0.3 is 5.97 Å². The Morgan fingerprint density at radius 2 is 1.82 bits per heavy atom. The van der Waals surface area contributed by atoms with Crippen LogP contribution in [0.1, 0.15) is 60.9 Å². The third-order valence-electron chi connectivity index (χ3n) is 4.87. The Balaban J connectivity index is 1.70. The van der Waals surface area contributed by atoms with Gasteiger partial charge in [-0.25, -0.2) is 0 Å². The molecular weight excluding hydrogens is 278 g/mol. The van der Waals surface area contributed by atoms with E-state index in [0.29, 0.717) is 18.0 Å². The zero-order chi connectivity index (χ0) is 15.7. The highest BCUT2D eigenvalue weighted by Gasteiger charge is 2.35. The Bertz CT molecular complexity index is 558. The predicted octanol–water partition coefficient (Wildman–Crippen LogP) is 3.28. The van der Waals surface area contributed by atoms with Crippen molar-refractivity contribution in [2.75, 3.05) is 6.54 Å². The molecule has 1 amide bonds. The number of nitrogens with zero attached hydrogens (tertiary/aromatic N) is 1. The average Bonchev–Trinajstić information content (AvgIpc) is 3.27. The van der Waals surface area contributed by atoms with Gasteiger partial charge in [-0.15, -0.1) is 0 Å². The van der Waals surface area contributed by atoms with Gasteiger partial charge in [0.15, 0.2) is 0 Å². The predicted molar refractivity (Wildman–Crippen MR) is 83.9 cm³/mol. The molecule has 118 valence electrons. The van der Waals surface area contributed by atoms with Crippen molar-refractivity contribution in [1.82, 2.24) is 4.90 Å². The Labute approximate surface area is 131 Å². The minimum Gasteiger partial charge on any atom is -0.481 e. The fraction of sp³-hybridized carbons (Fsp3) is 0.556. The van der Waals surface area contributed by atoms with Crippen molar-refractivity contribution in [3.05, 3.63) is 35.4 Å². The number of carbonyl (C=O) groups is 2. The van der Waals surface area contributed by atoms with Gasteiger partial charge in [0, 0.05) is 18.2 Å². The minimum absolute atomic E-state index is 0.0317. The monoisotopic (exact) mass is 301 g/mol. The Kier molecular flexibility index (Phi) is 4.19. The molecule has 0 bridgehead atoms. The summed E-state index contributed by atoms with van der Waals surface area (Å²) >= 11 is 0. The van der Waals surface area contributed by atoms with Gasteiger partial charge in [-0.1, -0.05) is 25.5 Å². The highest BCUT2D eigenvalue weighted by molar-refractivity contribution is 5.95. The maximum absolute atomic E-state index is 12.7. The fourth-order valence-electron chi connectivity index (χ4n) is 2.96. The number of hydrogen-bond acceptors (Lipinski definition) is 2. The third-order valence-corrected chi connectivity index (χ3v) is 4.87. The molecule has 0 radical (unpaired) electrons. The molecule has 0 aromatic heterocycles. The van der Waals surface area contributed by atoms with Crippen LogP contribution in [0.5, 0.6) is 0 Å². The second-order valence-electron chi connectivity index (χ2n) is 6.68. The van der Waals surface area contributed by atoms with Crippen molar-refractivity contribution in [1.29, 1.82) is 0 Å². The highest BCUT2D eigenvalue weighted by atomic mass is 16.4. The van der Waals surface area contributed by atoms with Crippen molar-refractivity contribution in [3.8, 4) is 0 Å². The lowest BCUT2D eigenvalue weighted by molar-refractivity contribution is -0.141. The molecule has 1 aromatic carbocycles. The van der Waals surface area contributed by atoms with Gasteiger partial charge in [0.2, 0.25) is 0 Å². The third kappa shape index (κ3) is 3.16. The molecule has 2 aliphatic rings. The second-order valence-corrected chi connectivity index (χ2v) is 6.68. The van der Waals surface area contributed by atoms with Crippen LogP contribution in [0.4, 0.5) is 0 Å². The van der Waals surface area contributed by atoms with Crippen molar-refractivity contribution < 1.29 is 14.7 Å². The van der Waals surface area contributed by atoms with Crippen LogP contribution in [0.3, 0.4) is 0 Å². The van der Waals surface area contributed by atoms with E-state index in [0.717, 1.165) is 12.8 Å². The molecular formula is C18H23NO3. The van der Waals surface area contributed by atoms with E-state index in [9.17, 15) is 9.59 Å². The van der Waals surface area contributed by atoms with Crippen LogP contribution in [0.2, 0.25) is 0 Å². The number of carbonyl (C=O) groups excluding carboxylic acids is 1. The molecule has 0 spiro atoms. The van der Waals surface area contributed by atoms with Crippen molar-refractivity contribution >= 4 is 11.9 Å². The first kappa shape index (κ1) is 15.1. The molecule has 22 heavy (non-hydrogen) atoms. The van der Waals surface area contributed by atoms with Gasteiger partial charge in [0.05, 0.1) is 5.92 Å². The van der Waals surface area contributed by atoms with Crippen LogP contribution in [-0.4, -0.2) is 34.5 Å². The van der Waals surface area contributed by atoms with Gasteiger partial charge in [-0.3, -0.25) is 9.59 Å². The zero-order valence-corrected chi connectivity index (χ0v) is 13.0. The number of rotatable bonds is 6. The maximum atomic E-state index is 12.7. The number of amides is 1. The van der Waals surface area contributed by atoms with Crippen LogP contribution in [-0.2, 0) is 4.79 Å². The van der Waals surface area contributed by atoms with Crippen molar-refractivity contribution in [2.24, 2.45) is 5.92 Å².